The van der Waals surface area contributed by atoms with Gasteiger partial charge < -0.3 is 5.32 Å². The van der Waals surface area contributed by atoms with Crippen molar-refractivity contribution in [3.05, 3.63) is 113 Å². The Balaban J connectivity index is 1.50. The van der Waals surface area contributed by atoms with Gasteiger partial charge in [0.25, 0.3) is 26.0 Å². The zero-order valence-electron chi connectivity index (χ0n) is 19.5. The number of hydrogen-bond acceptors (Lipinski definition) is 5. The molecule has 0 aliphatic heterocycles. The molecule has 11 heteroatoms. The van der Waals surface area contributed by atoms with Gasteiger partial charge in [-0.05, 0) is 79.2 Å². The molecular weight excluding hydrogens is 534 g/mol. The predicted molar refractivity (Wildman–Crippen MR) is 145 cm³/mol. The summed E-state index contributed by atoms with van der Waals surface area (Å²) in [5, 5.41) is 2.59. The van der Waals surface area contributed by atoms with E-state index in [9.17, 15) is 21.6 Å². The van der Waals surface area contributed by atoms with Crippen molar-refractivity contribution in [3.8, 4) is 0 Å². The van der Waals surface area contributed by atoms with Crippen molar-refractivity contribution in [3.63, 3.8) is 0 Å². The summed E-state index contributed by atoms with van der Waals surface area (Å²) in [6, 6.07) is 24.7. The molecule has 0 saturated carbocycles. The first-order chi connectivity index (χ1) is 17.5. The molecule has 0 bridgehead atoms. The molecule has 0 atom stereocenters. The third-order valence-electron chi connectivity index (χ3n) is 5.20. The lowest BCUT2D eigenvalue weighted by atomic mass is 10.2. The lowest BCUT2D eigenvalue weighted by molar-refractivity contribution is 0.102. The molecular formula is C26H22ClN3O5S2. The van der Waals surface area contributed by atoms with Crippen molar-refractivity contribution in [2.75, 3.05) is 14.8 Å². The number of benzene rings is 4. The second kappa shape index (κ2) is 10.6. The number of carbonyl (C=O) groups excluding carboxylic acids is 1. The maximum atomic E-state index is 12.9. The number of carbonyl (C=O) groups is 1. The number of anilines is 3. The predicted octanol–water partition coefficient (Wildman–Crippen LogP) is 5.50. The van der Waals surface area contributed by atoms with Gasteiger partial charge in [-0.15, -0.1) is 0 Å². The molecule has 3 N–H and O–H groups in total. The van der Waals surface area contributed by atoms with Crippen LogP contribution in [0.15, 0.2) is 107 Å². The van der Waals surface area contributed by atoms with Gasteiger partial charge >= 0.3 is 0 Å². The second-order valence-corrected chi connectivity index (χ2v) is 11.8. The molecule has 1 amide bonds. The molecule has 0 aromatic heterocycles. The number of amides is 1. The van der Waals surface area contributed by atoms with Crippen LogP contribution in [0, 0.1) is 6.92 Å². The minimum atomic E-state index is -4.07. The summed E-state index contributed by atoms with van der Waals surface area (Å²) in [7, 11) is -7.89. The highest BCUT2D eigenvalue weighted by atomic mass is 35.5. The first-order valence-electron chi connectivity index (χ1n) is 10.9. The molecule has 0 aliphatic carbocycles. The summed E-state index contributed by atoms with van der Waals surface area (Å²) in [6.45, 7) is 1.83. The Morgan fingerprint density at radius 2 is 1.32 bits per heavy atom. The van der Waals surface area contributed by atoms with E-state index in [0.717, 1.165) is 5.56 Å². The van der Waals surface area contributed by atoms with Gasteiger partial charge in [-0.3, -0.25) is 14.2 Å². The van der Waals surface area contributed by atoms with Crippen molar-refractivity contribution in [2.45, 2.75) is 16.7 Å². The van der Waals surface area contributed by atoms with Crippen LogP contribution < -0.4 is 14.8 Å². The van der Waals surface area contributed by atoms with Crippen LogP contribution in [0.2, 0.25) is 5.02 Å². The molecule has 4 aromatic rings. The topological polar surface area (TPSA) is 121 Å². The summed E-state index contributed by atoms with van der Waals surface area (Å²) in [6.07, 6.45) is 0. The zero-order valence-corrected chi connectivity index (χ0v) is 21.9. The molecule has 0 spiro atoms. The third kappa shape index (κ3) is 6.48. The van der Waals surface area contributed by atoms with Gasteiger partial charge in [0.2, 0.25) is 0 Å². The molecule has 0 unspecified atom stereocenters. The van der Waals surface area contributed by atoms with Crippen molar-refractivity contribution < 1.29 is 21.6 Å². The number of para-hydroxylation sites is 1. The smallest absolute Gasteiger partial charge is 0.263 e. The number of rotatable bonds is 8. The number of aryl methyl sites for hydroxylation is 1. The van der Waals surface area contributed by atoms with E-state index in [2.05, 4.69) is 14.8 Å². The molecule has 4 aromatic carbocycles. The number of hydrogen-bond donors (Lipinski definition) is 3. The third-order valence-corrected chi connectivity index (χ3v) is 8.46. The van der Waals surface area contributed by atoms with Gasteiger partial charge in [-0.25, -0.2) is 16.8 Å². The Hall–Kier alpha value is -3.86. The Morgan fingerprint density at radius 1 is 0.676 bits per heavy atom. The summed E-state index contributed by atoms with van der Waals surface area (Å²) in [5.41, 5.74) is 2.03. The lowest BCUT2D eigenvalue weighted by Crippen LogP contribution is -2.17. The van der Waals surface area contributed by atoms with E-state index in [-0.39, 0.29) is 20.4 Å². The van der Waals surface area contributed by atoms with E-state index < -0.39 is 26.0 Å². The molecule has 0 aliphatic rings. The first-order valence-corrected chi connectivity index (χ1v) is 14.3. The Bertz CT molecular complexity index is 1660. The minimum absolute atomic E-state index is 0.0106. The maximum absolute atomic E-state index is 12.9. The monoisotopic (exact) mass is 555 g/mol. The summed E-state index contributed by atoms with van der Waals surface area (Å²) < 4.78 is 56.0. The van der Waals surface area contributed by atoms with E-state index in [1.54, 1.807) is 48.5 Å². The van der Waals surface area contributed by atoms with Crippen LogP contribution in [0.1, 0.15) is 15.9 Å². The van der Waals surface area contributed by atoms with Gasteiger partial charge in [0, 0.05) is 22.6 Å². The van der Waals surface area contributed by atoms with Crippen molar-refractivity contribution in [2.24, 2.45) is 0 Å². The van der Waals surface area contributed by atoms with Gasteiger partial charge in [-0.2, -0.15) is 0 Å². The first kappa shape index (κ1) is 26.2. The Morgan fingerprint density at radius 3 is 2.00 bits per heavy atom. The van der Waals surface area contributed by atoms with E-state index in [4.69, 9.17) is 11.6 Å². The van der Waals surface area contributed by atoms with Crippen LogP contribution in [-0.4, -0.2) is 22.7 Å². The number of sulfonamides is 2. The Kier molecular flexibility index (Phi) is 7.53. The van der Waals surface area contributed by atoms with Crippen LogP contribution in [0.25, 0.3) is 0 Å². The highest BCUT2D eigenvalue weighted by Crippen LogP contribution is 2.26. The minimum Gasteiger partial charge on any atom is -0.322 e. The summed E-state index contributed by atoms with van der Waals surface area (Å²) in [4.78, 5) is 12.6. The fraction of sp³-hybridized carbons (Fsp3) is 0.0385. The van der Waals surface area contributed by atoms with Gasteiger partial charge in [-0.1, -0.05) is 41.9 Å². The van der Waals surface area contributed by atoms with Crippen molar-refractivity contribution in [1.29, 1.82) is 0 Å². The molecule has 4 rings (SSSR count). The molecule has 0 saturated heterocycles. The number of halogens is 1. The van der Waals surface area contributed by atoms with Crippen molar-refractivity contribution >= 4 is 54.6 Å². The number of nitrogens with one attached hydrogen (secondary N) is 3. The fourth-order valence-corrected chi connectivity index (χ4v) is 6.05. The lowest BCUT2D eigenvalue weighted by Gasteiger charge is -2.12. The fourth-order valence-electron chi connectivity index (χ4n) is 3.41. The summed E-state index contributed by atoms with van der Waals surface area (Å²) in [5.74, 6) is -0.596. The van der Waals surface area contributed by atoms with E-state index >= 15 is 0 Å². The van der Waals surface area contributed by atoms with Gasteiger partial charge in [0.15, 0.2) is 0 Å². The van der Waals surface area contributed by atoms with Crippen LogP contribution in [-0.2, 0) is 20.0 Å². The average molecular weight is 556 g/mol. The highest BCUT2D eigenvalue weighted by molar-refractivity contribution is 7.93. The van der Waals surface area contributed by atoms with Gasteiger partial charge in [0.05, 0.1) is 9.92 Å². The zero-order chi connectivity index (χ0) is 26.6. The molecule has 0 fully saturated rings. The molecule has 0 heterocycles. The van der Waals surface area contributed by atoms with Crippen LogP contribution in [0.5, 0.6) is 0 Å². The molecule has 37 heavy (non-hydrogen) atoms. The van der Waals surface area contributed by atoms with Gasteiger partial charge in [0.1, 0.15) is 4.90 Å². The molecule has 190 valence electrons. The van der Waals surface area contributed by atoms with Crippen molar-refractivity contribution in [1.82, 2.24) is 0 Å². The second-order valence-electron chi connectivity index (χ2n) is 8.07. The molecule has 8 nitrogen and oxygen atoms in total. The van der Waals surface area contributed by atoms with Crippen LogP contribution >= 0.6 is 11.6 Å². The van der Waals surface area contributed by atoms with Crippen LogP contribution in [0.4, 0.5) is 17.1 Å². The molecule has 0 radical (unpaired) electrons. The van der Waals surface area contributed by atoms with E-state index in [0.29, 0.717) is 17.1 Å². The van der Waals surface area contributed by atoms with Crippen LogP contribution in [0.3, 0.4) is 0 Å². The average Bonchev–Trinajstić information content (AvgIpc) is 2.84. The SMILES string of the molecule is Cc1cccc(NS(=O)(=O)c2cc(C(=O)Nc3ccc(S(=O)(=O)Nc4ccccc4)cc3)ccc2Cl)c1. The highest BCUT2D eigenvalue weighted by Gasteiger charge is 2.21. The summed E-state index contributed by atoms with van der Waals surface area (Å²) >= 11 is 6.15. The Labute approximate surface area is 220 Å². The maximum Gasteiger partial charge on any atom is 0.263 e. The van der Waals surface area contributed by atoms with E-state index in [1.807, 2.05) is 13.0 Å². The largest absolute Gasteiger partial charge is 0.322 e. The van der Waals surface area contributed by atoms with E-state index in [1.165, 1.54) is 42.5 Å². The normalized spacial score (nSPS) is 11.5. The standard InChI is InChI=1S/C26H22ClN3O5S2/c1-18-6-5-9-22(16-18)30-37(34,35)25-17-19(10-15-24(25)27)26(31)28-20-11-13-23(14-12-20)36(32,33)29-21-7-3-2-4-8-21/h2-17,29-30H,1H3,(H,28,31). The quantitative estimate of drug-likeness (QED) is 0.265.